The summed E-state index contributed by atoms with van der Waals surface area (Å²) in [5.74, 6) is -0.230. The molecule has 1 aromatic heterocycles. The summed E-state index contributed by atoms with van der Waals surface area (Å²) in [6, 6.07) is 12.9. The first kappa shape index (κ1) is 19.0. The summed E-state index contributed by atoms with van der Waals surface area (Å²) in [5.41, 5.74) is 6.42. The van der Waals surface area contributed by atoms with Crippen LogP contribution in [0.1, 0.15) is 28.1 Å². The van der Waals surface area contributed by atoms with Crippen molar-refractivity contribution >= 4 is 28.7 Å². The van der Waals surface area contributed by atoms with Crippen LogP contribution >= 0.6 is 12.2 Å². The maximum absolute atomic E-state index is 13.9. The fourth-order valence-corrected chi connectivity index (χ4v) is 3.17. The van der Waals surface area contributed by atoms with Crippen molar-refractivity contribution in [3.8, 4) is 0 Å². The van der Waals surface area contributed by atoms with Crippen LogP contribution in [-0.2, 0) is 6.54 Å². The van der Waals surface area contributed by atoms with E-state index in [0.29, 0.717) is 17.2 Å². The molecule has 0 radical (unpaired) electrons. The topological polar surface area (TPSA) is 41.9 Å². The summed E-state index contributed by atoms with van der Waals surface area (Å²) in [6.45, 7) is 8.31. The molecule has 6 heteroatoms. The molecular formula is C21H23FN4S. The van der Waals surface area contributed by atoms with Gasteiger partial charge in [-0.05, 0) is 63.2 Å². The van der Waals surface area contributed by atoms with Gasteiger partial charge in [0.15, 0.2) is 5.11 Å². The van der Waals surface area contributed by atoms with Gasteiger partial charge in [-0.3, -0.25) is 4.68 Å². The number of nitrogens with zero attached hydrogens (tertiary/aromatic N) is 2. The predicted octanol–water partition coefficient (Wildman–Crippen LogP) is 5.11. The first-order chi connectivity index (χ1) is 12.8. The number of aryl methyl sites for hydroxylation is 3. The number of nitrogens with one attached hydrogen (secondary N) is 2. The van der Waals surface area contributed by atoms with Gasteiger partial charge in [-0.2, -0.15) is 5.10 Å². The highest BCUT2D eigenvalue weighted by atomic mass is 32.1. The van der Waals surface area contributed by atoms with E-state index in [9.17, 15) is 4.39 Å². The lowest BCUT2D eigenvalue weighted by molar-refractivity contribution is 0.579. The second-order valence-electron chi connectivity index (χ2n) is 6.69. The first-order valence-electron chi connectivity index (χ1n) is 8.78. The van der Waals surface area contributed by atoms with Crippen molar-refractivity contribution in [1.29, 1.82) is 0 Å². The van der Waals surface area contributed by atoms with Gasteiger partial charge in [-0.25, -0.2) is 4.39 Å². The minimum atomic E-state index is -0.230. The molecule has 0 saturated heterocycles. The molecule has 0 amide bonds. The maximum atomic E-state index is 13.9. The quantitative estimate of drug-likeness (QED) is 0.615. The summed E-state index contributed by atoms with van der Waals surface area (Å²) in [6.07, 6.45) is 0. The second kappa shape index (κ2) is 7.88. The van der Waals surface area contributed by atoms with Crippen molar-refractivity contribution in [3.63, 3.8) is 0 Å². The van der Waals surface area contributed by atoms with Gasteiger partial charge in [0.2, 0.25) is 0 Å². The van der Waals surface area contributed by atoms with Crippen LogP contribution in [0.25, 0.3) is 0 Å². The van der Waals surface area contributed by atoms with E-state index in [1.807, 2.05) is 33.8 Å². The minimum absolute atomic E-state index is 0.230. The second-order valence-corrected chi connectivity index (χ2v) is 7.10. The molecule has 0 aliphatic heterocycles. The fraction of sp³-hybridized carbons (Fsp3) is 0.238. The van der Waals surface area contributed by atoms with E-state index in [1.54, 1.807) is 16.8 Å². The Bertz CT molecular complexity index is 994. The fourth-order valence-electron chi connectivity index (χ4n) is 2.96. The van der Waals surface area contributed by atoms with E-state index in [4.69, 9.17) is 12.2 Å². The van der Waals surface area contributed by atoms with Gasteiger partial charge in [0.05, 0.1) is 23.6 Å². The van der Waals surface area contributed by atoms with Crippen LogP contribution in [0.5, 0.6) is 0 Å². The van der Waals surface area contributed by atoms with Crippen molar-refractivity contribution in [2.45, 2.75) is 34.2 Å². The van der Waals surface area contributed by atoms with E-state index in [-0.39, 0.29) is 5.82 Å². The van der Waals surface area contributed by atoms with Crippen molar-refractivity contribution in [3.05, 3.63) is 76.4 Å². The number of benzene rings is 2. The molecule has 0 fully saturated rings. The number of thiocarbonyl (C=S) groups is 1. The van der Waals surface area contributed by atoms with E-state index in [0.717, 1.165) is 33.9 Å². The van der Waals surface area contributed by atoms with Crippen LogP contribution in [0.2, 0.25) is 0 Å². The van der Waals surface area contributed by atoms with Crippen LogP contribution in [0.3, 0.4) is 0 Å². The molecule has 0 atom stereocenters. The highest BCUT2D eigenvalue weighted by molar-refractivity contribution is 7.80. The van der Waals surface area contributed by atoms with Crippen LogP contribution in [0, 0.1) is 33.5 Å². The van der Waals surface area contributed by atoms with Crippen molar-refractivity contribution < 1.29 is 4.39 Å². The first-order valence-corrected chi connectivity index (χ1v) is 9.18. The zero-order valence-corrected chi connectivity index (χ0v) is 16.7. The number of rotatable bonds is 4. The molecule has 0 unspecified atom stereocenters. The highest BCUT2D eigenvalue weighted by Gasteiger charge is 2.14. The normalized spacial score (nSPS) is 10.7. The largest absolute Gasteiger partial charge is 0.332 e. The molecule has 1 heterocycles. The third kappa shape index (κ3) is 4.34. The molecule has 3 rings (SSSR count). The molecule has 140 valence electrons. The number of aromatic nitrogens is 2. The summed E-state index contributed by atoms with van der Waals surface area (Å²) in [4.78, 5) is 0. The Kier molecular flexibility index (Phi) is 5.56. The molecular weight excluding hydrogens is 359 g/mol. The van der Waals surface area contributed by atoms with Gasteiger partial charge in [0, 0.05) is 11.3 Å². The van der Waals surface area contributed by atoms with Gasteiger partial charge in [0.25, 0.3) is 0 Å². The zero-order chi connectivity index (χ0) is 19.6. The van der Waals surface area contributed by atoms with E-state index < -0.39 is 0 Å². The monoisotopic (exact) mass is 382 g/mol. The van der Waals surface area contributed by atoms with Gasteiger partial charge in [-0.15, -0.1) is 0 Å². The van der Waals surface area contributed by atoms with Crippen LogP contribution < -0.4 is 10.6 Å². The molecule has 0 aliphatic rings. The summed E-state index contributed by atoms with van der Waals surface area (Å²) < 4.78 is 15.7. The van der Waals surface area contributed by atoms with Crippen molar-refractivity contribution in [1.82, 2.24) is 9.78 Å². The van der Waals surface area contributed by atoms with Gasteiger partial charge in [0.1, 0.15) is 5.82 Å². The molecule has 27 heavy (non-hydrogen) atoms. The lowest BCUT2D eigenvalue weighted by atomic mass is 10.1. The molecule has 0 spiro atoms. The molecule has 2 N–H and O–H groups in total. The zero-order valence-electron chi connectivity index (χ0n) is 15.9. The number of anilines is 2. The molecule has 0 bridgehead atoms. The molecule has 2 aromatic carbocycles. The highest BCUT2D eigenvalue weighted by Crippen LogP contribution is 2.22. The Morgan fingerprint density at radius 3 is 2.56 bits per heavy atom. The van der Waals surface area contributed by atoms with E-state index >= 15 is 0 Å². The molecule has 4 nitrogen and oxygen atoms in total. The van der Waals surface area contributed by atoms with Crippen LogP contribution in [-0.4, -0.2) is 14.9 Å². The molecule has 3 aromatic rings. The van der Waals surface area contributed by atoms with Gasteiger partial charge < -0.3 is 10.6 Å². The van der Waals surface area contributed by atoms with Crippen LogP contribution in [0.4, 0.5) is 15.8 Å². The predicted molar refractivity (Wildman–Crippen MR) is 113 cm³/mol. The van der Waals surface area contributed by atoms with Gasteiger partial charge in [-0.1, -0.05) is 30.3 Å². The smallest absolute Gasteiger partial charge is 0.175 e. The lowest BCUT2D eigenvalue weighted by Gasteiger charge is -2.13. The SMILES string of the molecule is Cc1ccc(C)c(NC(=S)Nc2c(C)nn(Cc3ccccc3F)c2C)c1. The standard InChI is InChI=1S/C21H23FN4S/c1-13-9-10-14(2)19(11-13)23-21(27)24-20-15(3)25-26(16(20)4)12-17-7-5-6-8-18(17)22/h5-11H,12H2,1-4H3,(H2,23,24,27). The van der Waals surface area contributed by atoms with Gasteiger partial charge >= 0.3 is 0 Å². The van der Waals surface area contributed by atoms with E-state index in [1.165, 1.54) is 6.07 Å². The Hall–Kier alpha value is -2.73. The summed E-state index contributed by atoms with van der Waals surface area (Å²) >= 11 is 5.48. The number of hydrogen-bond acceptors (Lipinski definition) is 2. The van der Waals surface area contributed by atoms with Crippen molar-refractivity contribution in [2.24, 2.45) is 0 Å². The number of halogens is 1. The number of hydrogen-bond donors (Lipinski definition) is 2. The Morgan fingerprint density at radius 1 is 1.07 bits per heavy atom. The minimum Gasteiger partial charge on any atom is -0.332 e. The summed E-state index contributed by atoms with van der Waals surface area (Å²) in [5, 5.41) is 11.5. The van der Waals surface area contributed by atoms with E-state index in [2.05, 4.69) is 33.9 Å². The third-order valence-corrected chi connectivity index (χ3v) is 4.74. The lowest BCUT2D eigenvalue weighted by Crippen LogP contribution is -2.20. The average Bonchev–Trinajstić information content (AvgIpc) is 2.87. The molecule has 0 aliphatic carbocycles. The van der Waals surface area contributed by atoms with Crippen molar-refractivity contribution in [2.75, 3.05) is 10.6 Å². The average molecular weight is 383 g/mol. The Morgan fingerprint density at radius 2 is 1.81 bits per heavy atom. The van der Waals surface area contributed by atoms with Crippen LogP contribution in [0.15, 0.2) is 42.5 Å². The Balaban J connectivity index is 1.77. The third-order valence-electron chi connectivity index (χ3n) is 4.54. The molecule has 0 saturated carbocycles. The summed E-state index contributed by atoms with van der Waals surface area (Å²) in [7, 11) is 0. The Labute approximate surface area is 164 Å². The maximum Gasteiger partial charge on any atom is 0.175 e.